The Morgan fingerprint density at radius 1 is 1.00 bits per heavy atom. The molecule has 1 aliphatic heterocycles. The summed E-state index contributed by atoms with van der Waals surface area (Å²) in [6, 6.07) is -0.0581. The van der Waals surface area contributed by atoms with Gasteiger partial charge >= 0.3 is 12.0 Å². The number of carboxylic acids is 1. The first-order valence-electron chi connectivity index (χ1n) is 7.15. The molecule has 21 heavy (non-hydrogen) atoms. The van der Waals surface area contributed by atoms with E-state index in [0.29, 0.717) is 26.2 Å². The Bertz CT molecular complexity index is 467. The van der Waals surface area contributed by atoms with E-state index < -0.39 is 23.2 Å². The van der Waals surface area contributed by atoms with Gasteiger partial charge in [-0.1, -0.05) is 13.8 Å². The van der Waals surface area contributed by atoms with Crippen LogP contribution in [0, 0.1) is 17.3 Å². The fraction of sp³-hybridized carbons (Fsp3) is 0.786. The molecule has 7 nitrogen and oxygen atoms in total. The lowest BCUT2D eigenvalue weighted by molar-refractivity contribution is -0.142. The van der Waals surface area contributed by atoms with Crippen molar-refractivity contribution in [1.82, 2.24) is 14.7 Å². The summed E-state index contributed by atoms with van der Waals surface area (Å²) in [7, 11) is 3.40. The third kappa shape index (κ3) is 2.69. The van der Waals surface area contributed by atoms with Gasteiger partial charge in [0.15, 0.2) is 0 Å². The van der Waals surface area contributed by atoms with Gasteiger partial charge in [0.25, 0.3) is 0 Å². The molecule has 1 N–H and O–H groups in total. The van der Waals surface area contributed by atoms with Gasteiger partial charge in [-0.3, -0.25) is 9.59 Å². The predicted octanol–water partition coefficient (Wildman–Crippen LogP) is 0.169. The fourth-order valence-electron chi connectivity index (χ4n) is 3.16. The molecule has 0 aromatic carbocycles. The van der Waals surface area contributed by atoms with Gasteiger partial charge in [-0.05, 0) is 5.41 Å². The van der Waals surface area contributed by atoms with Gasteiger partial charge in [0.05, 0.1) is 11.8 Å². The molecule has 0 aromatic heterocycles. The summed E-state index contributed by atoms with van der Waals surface area (Å²) < 4.78 is 0. The van der Waals surface area contributed by atoms with Crippen molar-refractivity contribution in [2.75, 3.05) is 40.3 Å². The van der Waals surface area contributed by atoms with Crippen LogP contribution in [0.4, 0.5) is 4.79 Å². The van der Waals surface area contributed by atoms with Crippen LogP contribution in [0.5, 0.6) is 0 Å². The third-order valence-corrected chi connectivity index (χ3v) is 4.60. The zero-order valence-corrected chi connectivity index (χ0v) is 13.0. The highest BCUT2D eigenvalue weighted by Crippen LogP contribution is 2.59. The molecule has 2 atom stereocenters. The Balaban J connectivity index is 1.93. The molecule has 0 radical (unpaired) electrons. The number of carbonyl (C=O) groups is 3. The predicted molar refractivity (Wildman–Crippen MR) is 75.6 cm³/mol. The van der Waals surface area contributed by atoms with Gasteiger partial charge in [-0.2, -0.15) is 0 Å². The molecular formula is C14H23N3O4. The van der Waals surface area contributed by atoms with E-state index in [1.165, 1.54) is 4.90 Å². The lowest BCUT2D eigenvalue weighted by atomic mass is 10.1. The van der Waals surface area contributed by atoms with Gasteiger partial charge in [0.1, 0.15) is 0 Å². The maximum Gasteiger partial charge on any atom is 0.319 e. The molecule has 3 amide bonds. The minimum Gasteiger partial charge on any atom is -0.481 e. The second kappa shape index (κ2) is 5.20. The minimum absolute atomic E-state index is 0.0581. The lowest BCUT2D eigenvalue weighted by Crippen LogP contribution is -2.53. The third-order valence-electron chi connectivity index (χ3n) is 4.60. The van der Waals surface area contributed by atoms with E-state index in [9.17, 15) is 14.4 Å². The van der Waals surface area contributed by atoms with E-state index in [1.807, 2.05) is 13.8 Å². The van der Waals surface area contributed by atoms with Gasteiger partial charge in [-0.25, -0.2) is 4.79 Å². The topological polar surface area (TPSA) is 81.2 Å². The van der Waals surface area contributed by atoms with Crippen molar-refractivity contribution in [2.45, 2.75) is 13.8 Å². The van der Waals surface area contributed by atoms with E-state index in [4.69, 9.17) is 5.11 Å². The van der Waals surface area contributed by atoms with E-state index in [0.717, 1.165) is 0 Å². The van der Waals surface area contributed by atoms with Crippen LogP contribution >= 0.6 is 0 Å². The minimum atomic E-state index is -0.903. The number of hydrogen-bond donors (Lipinski definition) is 1. The number of rotatable bonds is 2. The van der Waals surface area contributed by atoms with Crippen molar-refractivity contribution >= 4 is 17.9 Å². The van der Waals surface area contributed by atoms with Crippen molar-refractivity contribution in [3.05, 3.63) is 0 Å². The summed E-state index contributed by atoms with van der Waals surface area (Å²) in [6.07, 6.45) is 0. The molecular weight excluding hydrogens is 274 g/mol. The van der Waals surface area contributed by atoms with Crippen LogP contribution in [-0.4, -0.2) is 78.0 Å². The average molecular weight is 297 g/mol. The molecule has 0 spiro atoms. The van der Waals surface area contributed by atoms with Crippen LogP contribution in [0.15, 0.2) is 0 Å². The SMILES string of the molecule is CN(C)C(=O)N1CCN(C(=O)[C@H]2[C@@H](C(=O)O)C2(C)C)CC1. The average Bonchev–Trinajstić information content (AvgIpc) is 3.00. The van der Waals surface area contributed by atoms with Crippen LogP contribution < -0.4 is 0 Å². The number of amides is 3. The first-order valence-corrected chi connectivity index (χ1v) is 7.15. The number of hydrogen-bond acceptors (Lipinski definition) is 3. The molecule has 0 unspecified atom stereocenters. The van der Waals surface area contributed by atoms with Crippen molar-refractivity contribution in [1.29, 1.82) is 0 Å². The Kier molecular flexibility index (Phi) is 3.86. The van der Waals surface area contributed by atoms with Gasteiger partial charge in [0.2, 0.25) is 5.91 Å². The Labute approximate surface area is 124 Å². The van der Waals surface area contributed by atoms with Crippen molar-refractivity contribution in [3.8, 4) is 0 Å². The molecule has 2 fully saturated rings. The molecule has 1 heterocycles. The molecule has 1 aliphatic carbocycles. The number of piperazine rings is 1. The van der Waals surface area contributed by atoms with Crippen LogP contribution in [0.3, 0.4) is 0 Å². The molecule has 2 aliphatic rings. The second-order valence-electron chi connectivity index (χ2n) is 6.60. The monoisotopic (exact) mass is 297 g/mol. The summed E-state index contributed by atoms with van der Waals surface area (Å²) in [4.78, 5) is 40.4. The van der Waals surface area contributed by atoms with E-state index in [-0.39, 0.29) is 11.9 Å². The summed E-state index contributed by atoms with van der Waals surface area (Å²) in [6.45, 7) is 5.57. The van der Waals surface area contributed by atoms with E-state index >= 15 is 0 Å². The van der Waals surface area contributed by atoms with Crippen molar-refractivity contribution in [2.24, 2.45) is 17.3 Å². The summed E-state index contributed by atoms with van der Waals surface area (Å²) >= 11 is 0. The first-order chi connectivity index (χ1) is 9.67. The normalized spacial score (nSPS) is 27.2. The van der Waals surface area contributed by atoms with Crippen molar-refractivity contribution < 1.29 is 19.5 Å². The molecule has 2 rings (SSSR count). The fourth-order valence-corrected chi connectivity index (χ4v) is 3.16. The van der Waals surface area contributed by atoms with E-state index in [1.54, 1.807) is 23.9 Å². The van der Waals surface area contributed by atoms with Crippen molar-refractivity contribution in [3.63, 3.8) is 0 Å². The number of carbonyl (C=O) groups excluding carboxylic acids is 2. The zero-order chi connectivity index (χ0) is 15.9. The Hall–Kier alpha value is -1.79. The molecule has 1 saturated carbocycles. The molecule has 1 saturated heterocycles. The quantitative estimate of drug-likeness (QED) is 0.788. The van der Waals surface area contributed by atoms with Crippen LogP contribution in [-0.2, 0) is 9.59 Å². The second-order valence-corrected chi connectivity index (χ2v) is 6.60. The number of urea groups is 1. The lowest BCUT2D eigenvalue weighted by Gasteiger charge is -2.36. The van der Waals surface area contributed by atoms with Crippen LogP contribution in [0.25, 0.3) is 0 Å². The Morgan fingerprint density at radius 3 is 1.86 bits per heavy atom. The molecule has 7 heteroatoms. The number of carboxylic acid groups (broad SMARTS) is 1. The van der Waals surface area contributed by atoms with Crippen LogP contribution in [0.1, 0.15) is 13.8 Å². The van der Waals surface area contributed by atoms with Gasteiger partial charge < -0.3 is 19.8 Å². The largest absolute Gasteiger partial charge is 0.481 e. The molecule has 0 bridgehead atoms. The smallest absolute Gasteiger partial charge is 0.319 e. The maximum absolute atomic E-state index is 12.4. The maximum atomic E-state index is 12.4. The first kappa shape index (κ1) is 15.6. The molecule has 0 aromatic rings. The highest BCUT2D eigenvalue weighted by atomic mass is 16.4. The highest BCUT2D eigenvalue weighted by molar-refractivity contribution is 5.91. The number of aliphatic carboxylic acids is 1. The van der Waals surface area contributed by atoms with E-state index in [2.05, 4.69) is 0 Å². The van der Waals surface area contributed by atoms with Gasteiger partial charge in [0, 0.05) is 40.3 Å². The zero-order valence-electron chi connectivity index (χ0n) is 13.0. The summed E-state index contributed by atoms with van der Waals surface area (Å²) in [5.74, 6) is -2.03. The summed E-state index contributed by atoms with van der Waals surface area (Å²) in [5, 5.41) is 9.15. The standard InChI is InChI=1S/C14H23N3O4/c1-14(2)9(10(14)12(19)20)11(18)16-5-7-17(8-6-16)13(21)15(3)4/h9-10H,5-8H2,1-4H3,(H,19,20)/t9-,10+/m1/s1. The van der Waals surface area contributed by atoms with Crippen LogP contribution in [0.2, 0.25) is 0 Å². The highest BCUT2D eigenvalue weighted by Gasteiger charge is 2.66. The number of nitrogens with zero attached hydrogens (tertiary/aromatic N) is 3. The molecule has 118 valence electrons. The summed E-state index contributed by atoms with van der Waals surface area (Å²) in [5.41, 5.74) is -0.473. The Morgan fingerprint density at radius 2 is 1.48 bits per heavy atom. The van der Waals surface area contributed by atoms with Gasteiger partial charge in [-0.15, -0.1) is 0 Å².